The summed E-state index contributed by atoms with van der Waals surface area (Å²) in [6.07, 6.45) is 7.01. The fourth-order valence-corrected chi connectivity index (χ4v) is 2.37. The minimum Gasteiger partial charge on any atom is -0.378 e. The molecule has 1 heterocycles. The van der Waals surface area contributed by atoms with E-state index in [-0.39, 0.29) is 5.91 Å². The van der Waals surface area contributed by atoms with Crippen LogP contribution in [0.4, 0.5) is 0 Å². The number of nitrogens with two attached hydrogens (primary N) is 1. The maximum atomic E-state index is 11.7. The minimum absolute atomic E-state index is 0.130. The van der Waals surface area contributed by atoms with E-state index >= 15 is 0 Å². The topological polar surface area (TPSA) is 77.2 Å². The third-order valence-electron chi connectivity index (χ3n) is 3.58. The first-order valence-corrected chi connectivity index (χ1v) is 7.32. The number of hydrogen-bond donors (Lipinski definition) is 2. The zero-order valence-corrected chi connectivity index (χ0v) is 11.8. The van der Waals surface area contributed by atoms with Crippen LogP contribution in [-0.2, 0) is 4.74 Å². The number of nitrogens with zero attached hydrogens (tertiary/aromatic N) is 1. The zero-order valence-electron chi connectivity index (χ0n) is 11.8. The minimum atomic E-state index is -0.130. The van der Waals surface area contributed by atoms with Crippen molar-refractivity contribution >= 4 is 5.91 Å². The lowest BCUT2D eigenvalue weighted by molar-refractivity contribution is 0.0241. The number of ether oxygens (including phenoxy) is 1. The van der Waals surface area contributed by atoms with Crippen molar-refractivity contribution in [3.8, 4) is 0 Å². The van der Waals surface area contributed by atoms with Gasteiger partial charge in [-0.25, -0.2) is 0 Å². The fraction of sp³-hybridized carbons (Fsp3) is 0.600. The Kier molecular flexibility index (Phi) is 5.95. The van der Waals surface area contributed by atoms with Gasteiger partial charge in [-0.2, -0.15) is 0 Å². The van der Waals surface area contributed by atoms with Crippen LogP contribution < -0.4 is 11.1 Å². The molecular formula is C15H23N3O2. The quantitative estimate of drug-likeness (QED) is 0.772. The maximum absolute atomic E-state index is 11.7. The van der Waals surface area contributed by atoms with Gasteiger partial charge >= 0.3 is 0 Å². The lowest BCUT2D eigenvalue weighted by Gasteiger charge is -2.26. The van der Waals surface area contributed by atoms with E-state index in [9.17, 15) is 4.79 Å². The number of aromatic nitrogens is 1. The first-order valence-electron chi connectivity index (χ1n) is 7.32. The van der Waals surface area contributed by atoms with E-state index < -0.39 is 0 Å². The molecule has 0 spiro atoms. The third-order valence-corrected chi connectivity index (χ3v) is 3.58. The second kappa shape index (κ2) is 7.97. The van der Waals surface area contributed by atoms with E-state index in [2.05, 4.69) is 10.3 Å². The van der Waals surface area contributed by atoms with Crippen molar-refractivity contribution < 1.29 is 9.53 Å². The highest BCUT2D eigenvalue weighted by molar-refractivity contribution is 5.92. The molecule has 1 aliphatic rings. The Bertz CT molecular complexity index is 403. The lowest BCUT2D eigenvalue weighted by atomic mass is 9.94. The normalized spacial score (nSPS) is 22.4. The standard InChI is InChI=1S/C15H23N3O2/c16-12-5-7-13(8-6-12)20-11-3-10-18-15(19)14-4-1-2-9-17-14/h1-2,4,9,12-13H,3,5-8,10-11,16H2,(H,18,19). The summed E-state index contributed by atoms with van der Waals surface area (Å²) in [7, 11) is 0. The molecule has 1 aliphatic carbocycles. The third kappa shape index (κ3) is 4.90. The van der Waals surface area contributed by atoms with Crippen molar-refractivity contribution in [2.45, 2.75) is 44.2 Å². The average Bonchev–Trinajstić information content (AvgIpc) is 2.49. The van der Waals surface area contributed by atoms with Crippen molar-refractivity contribution in [1.29, 1.82) is 0 Å². The van der Waals surface area contributed by atoms with Crippen LogP contribution in [0.25, 0.3) is 0 Å². The zero-order chi connectivity index (χ0) is 14.2. The number of nitrogens with one attached hydrogen (secondary N) is 1. The van der Waals surface area contributed by atoms with Crippen molar-refractivity contribution in [2.75, 3.05) is 13.2 Å². The number of amides is 1. The van der Waals surface area contributed by atoms with E-state index in [0.717, 1.165) is 32.1 Å². The molecule has 0 aromatic carbocycles. The second-order valence-electron chi connectivity index (χ2n) is 5.23. The molecule has 0 unspecified atom stereocenters. The first kappa shape index (κ1) is 14.9. The molecule has 1 amide bonds. The molecule has 0 aliphatic heterocycles. The van der Waals surface area contributed by atoms with Crippen LogP contribution >= 0.6 is 0 Å². The van der Waals surface area contributed by atoms with Gasteiger partial charge in [-0.3, -0.25) is 9.78 Å². The summed E-state index contributed by atoms with van der Waals surface area (Å²) in [4.78, 5) is 15.7. The highest BCUT2D eigenvalue weighted by atomic mass is 16.5. The Morgan fingerprint density at radius 2 is 2.15 bits per heavy atom. The summed E-state index contributed by atoms with van der Waals surface area (Å²) >= 11 is 0. The predicted octanol–water partition coefficient (Wildman–Crippen LogP) is 1.49. The first-order chi connectivity index (χ1) is 9.75. The lowest BCUT2D eigenvalue weighted by Crippen LogP contribution is -2.31. The molecule has 0 atom stereocenters. The monoisotopic (exact) mass is 277 g/mol. The van der Waals surface area contributed by atoms with E-state index in [0.29, 0.717) is 31.0 Å². The van der Waals surface area contributed by atoms with Gasteiger partial charge in [0, 0.05) is 25.4 Å². The summed E-state index contributed by atoms with van der Waals surface area (Å²) < 4.78 is 5.80. The highest BCUT2D eigenvalue weighted by Crippen LogP contribution is 2.19. The van der Waals surface area contributed by atoms with E-state index in [1.165, 1.54) is 0 Å². The van der Waals surface area contributed by atoms with Crippen molar-refractivity contribution in [3.05, 3.63) is 30.1 Å². The molecule has 0 saturated heterocycles. The molecule has 5 heteroatoms. The Balaban J connectivity index is 1.55. The summed E-state index contributed by atoms with van der Waals surface area (Å²) in [5.74, 6) is -0.130. The molecule has 5 nitrogen and oxygen atoms in total. The van der Waals surface area contributed by atoms with Crippen molar-refractivity contribution in [3.63, 3.8) is 0 Å². The molecule has 1 aromatic heterocycles. The summed E-state index contributed by atoms with van der Waals surface area (Å²) in [6.45, 7) is 1.30. The second-order valence-corrected chi connectivity index (χ2v) is 5.23. The molecule has 1 aromatic rings. The molecule has 20 heavy (non-hydrogen) atoms. The molecule has 3 N–H and O–H groups in total. The number of carbonyl (C=O) groups excluding carboxylic acids is 1. The summed E-state index contributed by atoms with van der Waals surface area (Å²) in [5, 5.41) is 2.84. The van der Waals surface area contributed by atoms with Crippen LogP contribution in [-0.4, -0.2) is 36.2 Å². The Morgan fingerprint density at radius 3 is 2.85 bits per heavy atom. The van der Waals surface area contributed by atoms with Crippen LogP contribution in [0, 0.1) is 0 Å². The summed E-state index contributed by atoms with van der Waals surface area (Å²) in [6, 6.07) is 5.66. The van der Waals surface area contributed by atoms with E-state index in [4.69, 9.17) is 10.5 Å². The molecule has 1 saturated carbocycles. The molecule has 2 rings (SSSR count). The average molecular weight is 277 g/mol. The Morgan fingerprint density at radius 1 is 1.35 bits per heavy atom. The molecule has 0 radical (unpaired) electrons. The fourth-order valence-electron chi connectivity index (χ4n) is 2.37. The van der Waals surface area contributed by atoms with Gasteiger partial charge in [0.05, 0.1) is 6.10 Å². The van der Waals surface area contributed by atoms with Crippen LogP contribution in [0.15, 0.2) is 24.4 Å². The number of rotatable bonds is 6. The Hall–Kier alpha value is -1.46. The molecule has 110 valence electrons. The van der Waals surface area contributed by atoms with Gasteiger partial charge in [0.1, 0.15) is 5.69 Å². The van der Waals surface area contributed by atoms with Gasteiger partial charge in [0.2, 0.25) is 0 Å². The SMILES string of the molecule is NC1CCC(OCCCNC(=O)c2ccccn2)CC1. The smallest absolute Gasteiger partial charge is 0.269 e. The number of carbonyl (C=O) groups is 1. The van der Waals surface area contributed by atoms with Gasteiger partial charge in [-0.05, 0) is 44.2 Å². The number of pyridine rings is 1. The Labute approximate surface area is 119 Å². The van der Waals surface area contributed by atoms with Gasteiger partial charge in [-0.1, -0.05) is 6.07 Å². The molecule has 1 fully saturated rings. The van der Waals surface area contributed by atoms with Crippen LogP contribution in [0.1, 0.15) is 42.6 Å². The molecular weight excluding hydrogens is 254 g/mol. The maximum Gasteiger partial charge on any atom is 0.269 e. The van der Waals surface area contributed by atoms with Crippen molar-refractivity contribution in [2.24, 2.45) is 5.73 Å². The van der Waals surface area contributed by atoms with Gasteiger partial charge in [-0.15, -0.1) is 0 Å². The molecule has 0 bridgehead atoms. The van der Waals surface area contributed by atoms with Crippen LogP contribution in [0.5, 0.6) is 0 Å². The van der Waals surface area contributed by atoms with Gasteiger partial charge < -0.3 is 15.8 Å². The van der Waals surface area contributed by atoms with Crippen LogP contribution in [0.2, 0.25) is 0 Å². The van der Waals surface area contributed by atoms with Gasteiger partial charge in [0.25, 0.3) is 5.91 Å². The largest absolute Gasteiger partial charge is 0.378 e. The van der Waals surface area contributed by atoms with E-state index in [1.54, 1.807) is 24.4 Å². The van der Waals surface area contributed by atoms with Crippen molar-refractivity contribution in [1.82, 2.24) is 10.3 Å². The van der Waals surface area contributed by atoms with Crippen LogP contribution in [0.3, 0.4) is 0 Å². The highest BCUT2D eigenvalue weighted by Gasteiger charge is 2.18. The van der Waals surface area contributed by atoms with E-state index in [1.807, 2.05) is 0 Å². The predicted molar refractivity (Wildman–Crippen MR) is 77.4 cm³/mol. The summed E-state index contributed by atoms with van der Waals surface area (Å²) in [5.41, 5.74) is 6.31. The van der Waals surface area contributed by atoms with Gasteiger partial charge in [0.15, 0.2) is 0 Å². The number of hydrogen-bond acceptors (Lipinski definition) is 4.